The second kappa shape index (κ2) is 10.4. The van der Waals surface area contributed by atoms with E-state index in [1.54, 1.807) is 0 Å². The predicted octanol–water partition coefficient (Wildman–Crippen LogP) is 3.69. The summed E-state index contributed by atoms with van der Waals surface area (Å²) < 4.78 is 5.13. The number of hydrogen-bond acceptors (Lipinski definition) is 3. The van der Waals surface area contributed by atoms with Gasteiger partial charge in [0, 0.05) is 6.54 Å². The van der Waals surface area contributed by atoms with E-state index in [0.29, 0.717) is 13.0 Å². The molecule has 2 aromatic carbocycles. The lowest BCUT2D eigenvalue weighted by molar-refractivity contribution is 0.135. The van der Waals surface area contributed by atoms with Crippen LogP contribution in [-0.4, -0.2) is 23.8 Å². The number of ether oxygens (including phenoxy) is 1. The molecule has 0 aliphatic rings. The molecular weight excluding hydrogens is 302 g/mol. The van der Waals surface area contributed by atoms with Gasteiger partial charge in [0.15, 0.2) is 0 Å². The lowest BCUT2D eigenvalue weighted by atomic mass is 10.0. The molecule has 128 valence electrons. The number of alkyl carbamates (subject to hydrolysis) is 1. The number of aliphatic hydroxyl groups excluding tert-OH is 1. The van der Waals surface area contributed by atoms with Crippen LogP contribution in [0.2, 0.25) is 0 Å². The normalized spacial score (nSPS) is 11.7. The molecule has 1 unspecified atom stereocenters. The van der Waals surface area contributed by atoms with Gasteiger partial charge in [0.2, 0.25) is 0 Å². The summed E-state index contributed by atoms with van der Waals surface area (Å²) in [4.78, 5) is 11.6. The van der Waals surface area contributed by atoms with Crippen LogP contribution in [0.1, 0.15) is 30.4 Å². The molecule has 2 rings (SSSR count). The highest BCUT2D eigenvalue weighted by Crippen LogP contribution is 2.08. The molecule has 0 aliphatic carbocycles. The average Bonchev–Trinajstić information content (AvgIpc) is 2.63. The smallest absolute Gasteiger partial charge is 0.407 e. The quantitative estimate of drug-likeness (QED) is 0.691. The summed E-state index contributed by atoms with van der Waals surface area (Å²) in [6.07, 6.45) is 2.25. The molecule has 0 bridgehead atoms. The Bertz CT molecular complexity index is 586. The van der Waals surface area contributed by atoms with Crippen molar-refractivity contribution in [2.75, 3.05) is 6.54 Å². The van der Waals surface area contributed by atoms with Crippen molar-refractivity contribution in [1.29, 1.82) is 0 Å². The zero-order chi connectivity index (χ0) is 17.0. The number of aryl methyl sites for hydroxylation is 1. The number of hydrogen-bond donors (Lipinski definition) is 2. The number of carbonyl (C=O) groups excluding carboxylic acids is 1. The fourth-order valence-corrected chi connectivity index (χ4v) is 2.42. The maximum absolute atomic E-state index is 11.6. The van der Waals surface area contributed by atoms with E-state index in [4.69, 9.17) is 4.74 Å². The third-order valence-electron chi connectivity index (χ3n) is 3.81. The molecule has 0 heterocycles. The highest BCUT2D eigenvalue weighted by Gasteiger charge is 2.06. The van der Waals surface area contributed by atoms with E-state index in [2.05, 4.69) is 17.4 Å². The summed E-state index contributed by atoms with van der Waals surface area (Å²) in [5.41, 5.74) is 2.20. The standard InChI is InChI=1S/C20H25NO3/c22-19(14-13-17-8-3-1-4-9-17)12-7-15-21-20(23)24-16-18-10-5-2-6-11-18/h1-6,8-11,19,22H,7,12-16H2,(H,21,23). The summed E-state index contributed by atoms with van der Waals surface area (Å²) >= 11 is 0. The van der Waals surface area contributed by atoms with Crippen LogP contribution in [0.15, 0.2) is 60.7 Å². The average molecular weight is 327 g/mol. The van der Waals surface area contributed by atoms with Gasteiger partial charge in [0.1, 0.15) is 6.61 Å². The lowest BCUT2D eigenvalue weighted by Gasteiger charge is -2.11. The second-order valence-corrected chi connectivity index (χ2v) is 5.81. The Morgan fingerprint density at radius 3 is 2.25 bits per heavy atom. The van der Waals surface area contributed by atoms with Crippen molar-refractivity contribution in [2.24, 2.45) is 0 Å². The van der Waals surface area contributed by atoms with Crippen molar-refractivity contribution in [1.82, 2.24) is 5.32 Å². The van der Waals surface area contributed by atoms with E-state index in [9.17, 15) is 9.90 Å². The van der Waals surface area contributed by atoms with Crippen molar-refractivity contribution in [3.8, 4) is 0 Å². The molecule has 0 saturated heterocycles. The van der Waals surface area contributed by atoms with Gasteiger partial charge in [-0.1, -0.05) is 60.7 Å². The first-order valence-corrected chi connectivity index (χ1v) is 8.40. The molecule has 0 fully saturated rings. The highest BCUT2D eigenvalue weighted by atomic mass is 16.5. The first-order valence-electron chi connectivity index (χ1n) is 8.40. The fraction of sp³-hybridized carbons (Fsp3) is 0.350. The van der Waals surface area contributed by atoms with Gasteiger partial charge in [-0.25, -0.2) is 4.79 Å². The zero-order valence-electron chi connectivity index (χ0n) is 13.9. The van der Waals surface area contributed by atoms with Gasteiger partial charge in [-0.15, -0.1) is 0 Å². The number of rotatable bonds is 9. The van der Waals surface area contributed by atoms with Gasteiger partial charge < -0.3 is 15.2 Å². The third-order valence-corrected chi connectivity index (χ3v) is 3.81. The Balaban J connectivity index is 1.51. The van der Waals surface area contributed by atoms with Crippen molar-refractivity contribution in [3.05, 3.63) is 71.8 Å². The maximum atomic E-state index is 11.6. The maximum Gasteiger partial charge on any atom is 0.407 e. The molecule has 0 aliphatic heterocycles. The number of amides is 1. The summed E-state index contributed by atoms with van der Waals surface area (Å²) in [6.45, 7) is 0.780. The Morgan fingerprint density at radius 2 is 1.58 bits per heavy atom. The monoisotopic (exact) mass is 327 g/mol. The third kappa shape index (κ3) is 7.29. The van der Waals surface area contributed by atoms with Crippen LogP contribution in [0.25, 0.3) is 0 Å². The summed E-state index contributed by atoms with van der Waals surface area (Å²) in [5.74, 6) is 0. The number of aliphatic hydroxyl groups is 1. The summed E-state index contributed by atoms with van der Waals surface area (Å²) in [6, 6.07) is 19.7. The molecule has 0 spiro atoms. The highest BCUT2D eigenvalue weighted by molar-refractivity contribution is 5.67. The molecule has 2 N–H and O–H groups in total. The largest absolute Gasteiger partial charge is 0.445 e. The minimum Gasteiger partial charge on any atom is -0.445 e. The van der Waals surface area contributed by atoms with Crippen LogP contribution < -0.4 is 5.32 Å². The van der Waals surface area contributed by atoms with Crippen molar-refractivity contribution >= 4 is 6.09 Å². The summed E-state index contributed by atoms with van der Waals surface area (Å²) in [5, 5.41) is 12.7. The molecule has 24 heavy (non-hydrogen) atoms. The number of carbonyl (C=O) groups is 1. The molecular formula is C20H25NO3. The summed E-state index contributed by atoms with van der Waals surface area (Å²) in [7, 11) is 0. The van der Waals surface area contributed by atoms with Crippen LogP contribution in [-0.2, 0) is 17.8 Å². The van der Waals surface area contributed by atoms with Gasteiger partial charge in [0.25, 0.3) is 0 Å². The minimum absolute atomic E-state index is 0.270. The van der Waals surface area contributed by atoms with Crippen LogP contribution >= 0.6 is 0 Å². The lowest BCUT2D eigenvalue weighted by Crippen LogP contribution is -2.26. The van der Waals surface area contributed by atoms with Crippen LogP contribution in [0.3, 0.4) is 0 Å². The molecule has 0 saturated carbocycles. The topological polar surface area (TPSA) is 58.6 Å². The molecule has 0 aromatic heterocycles. The first kappa shape index (κ1) is 18.0. The predicted molar refractivity (Wildman–Crippen MR) is 94.6 cm³/mol. The number of nitrogens with one attached hydrogen (secondary N) is 1. The minimum atomic E-state index is -0.419. The molecule has 0 radical (unpaired) electrons. The van der Waals surface area contributed by atoms with Gasteiger partial charge >= 0.3 is 6.09 Å². The SMILES string of the molecule is O=C(NCCCC(O)CCc1ccccc1)OCc1ccccc1. The Morgan fingerprint density at radius 1 is 0.958 bits per heavy atom. The number of benzene rings is 2. The molecule has 4 heteroatoms. The van der Waals surface area contributed by atoms with E-state index in [-0.39, 0.29) is 12.7 Å². The first-order chi connectivity index (χ1) is 11.7. The van der Waals surface area contributed by atoms with Crippen LogP contribution in [0.4, 0.5) is 4.79 Å². The molecule has 4 nitrogen and oxygen atoms in total. The molecule has 2 aromatic rings. The van der Waals surface area contributed by atoms with Crippen molar-refractivity contribution < 1.29 is 14.6 Å². The van der Waals surface area contributed by atoms with E-state index < -0.39 is 6.09 Å². The van der Waals surface area contributed by atoms with Gasteiger partial charge in [0.05, 0.1) is 6.10 Å². The van der Waals surface area contributed by atoms with Gasteiger partial charge in [-0.05, 0) is 36.8 Å². The zero-order valence-corrected chi connectivity index (χ0v) is 13.9. The van der Waals surface area contributed by atoms with Crippen molar-refractivity contribution in [3.63, 3.8) is 0 Å². The Hall–Kier alpha value is -2.33. The van der Waals surface area contributed by atoms with Gasteiger partial charge in [-0.3, -0.25) is 0 Å². The van der Waals surface area contributed by atoms with E-state index in [0.717, 1.165) is 24.8 Å². The van der Waals surface area contributed by atoms with E-state index >= 15 is 0 Å². The Kier molecular flexibility index (Phi) is 7.84. The van der Waals surface area contributed by atoms with E-state index in [1.165, 1.54) is 5.56 Å². The Labute approximate surface area is 143 Å². The second-order valence-electron chi connectivity index (χ2n) is 5.81. The van der Waals surface area contributed by atoms with Crippen LogP contribution in [0, 0.1) is 0 Å². The van der Waals surface area contributed by atoms with Crippen LogP contribution in [0.5, 0.6) is 0 Å². The van der Waals surface area contributed by atoms with E-state index in [1.807, 2.05) is 48.5 Å². The molecule has 1 atom stereocenters. The molecule has 1 amide bonds. The fourth-order valence-electron chi connectivity index (χ4n) is 2.42. The van der Waals surface area contributed by atoms with Gasteiger partial charge in [-0.2, -0.15) is 0 Å². The van der Waals surface area contributed by atoms with Crippen molar-refractivity contribution in [2.45, 2.75) is 38.4 Å².